The highest BCUT2D eigenvalue weighted by molar-refractivity contribution is 5.69. The maximum absolute atomic E-state index is 11.2. The average molecular weight is 196 g/mol. The highest BCUT2D eigenvalue weighted by atomic mass is 16.5. The smallest absolute Gasteiger partial charge is 0.307 e. The zero-order chi connectivity index (χ0) is 10.2. The van der Waals surface area contributed by atoms with Gasteiger partial charge < -0.3 is 9.30 Å². The maximum atomic E-state index is 11.2. The van der Waals surface area contributed by atoms with Gasteiger partial charge in [-0.2, -0.15) is 0 Å². The molecule has 14 heavy (non-hydrogen) atoms. The lowest BCUT2D eigenvalue weighted by atomic mass is 10.3. The summed E-state index contributed by atoms with van der Waals surface area (Å²) in [6.07, 6.45) is 7.63. The second-order valence-electron chi connectivity index (χ2n) is 3.12. The van der Waals surface area contributed by atoms with Crippen molar-refractivity contribution in [3.63, 3.8) is 0 Å². The van der Waals surface area contributed by atoms with Crippen LogP contribution in [0.3, 0.4) is 0 Å². The van der Waals surface area contributed by atoms with Gasteiger partial charge in [0.15, 0.2) is 0 Å². The lowest BCUT2D eigenvalue weighted by Gasteiger charge is -2.03. The molecule has 78 valence electrons. The molecule has 0 aliphatic carbocycles. The molecule has 4 nitrogen and oxygen atoms in total. The van der Waals surface area contributed by atoms with Crippen molar-refractivity contribution in [2.24, 2.45) is 0 Å². The van der Waals surface area contributed by atoms with Crippen LogP contribution in [0.25, 0.3) is 0 Å². The van der Waals surface area contributed by atoms with Gasteiger partial charge in [-0.25, -0.2) is 4.98 Å². The molecule has 0 fully saturated rings. The van der Waals surface area contributed by atoms with E-state index in [1.165, 1.54) is 0 Å². The Bertz CT molecular complexity index is 257. The number of rotatable bonds is 6. The summed E-state index contributed by atoms with van der Waals surface area (Å²) in [7, 11) is 0. The fraction of sp³-hybridized carbons (Fsp3) is 0.600. The van der Waals surface area contributed by atoms with E-state index in [0.717, 1.165) is 12.8 Å². The second kappa shape index (κ2) is 6.18. The number of esters is 1. The molecule has 1 aromatic rings. The highest BCUT2D eigenvalue weighted by Crippen LogP contribution is 1.95. The van der Waals surface area contributed by atoms with Crippen LogP contribution < -0.4 is 0 Å². The van der Waals surface area contributed by atoms with Crippen molar-refractivity contribution in [2.45, 2.75) is 32.7 Å². The largest absolute Gasteiger partial charge is 0.466 e. The first-order valence-corrected chi connectivity index (χ1v) is 4.94. The number of ether oxygens (including phenoxy) is 1. The molecular weight excluding hydrogens is 180 g/mol. The minimum absolute atomic E-state index is 0.132. The van der Waals surface area contributed by atoms with Crippen LogP contribution in [-0.2, 0) is 16.1 Å². The lowest BCUT2D eigenvalue weighted by Crippen LogP contribution is -2.09. The monoisotopic (exact) mass is 196 g/mol. The molecule has 0 radical (unpaired) electrons. The van der Waals surface area contributed by atoms with E-state index >= 15 is 0 Å². The van der Waals surface area contributed by atoms with Crippen molar-refractivity contribution in [1.29, 1.82) is 0 Å². The first-order chi connectivity index (χ1) is 6.83. The fourth-order valence-corrected chi connectivity index (χ4v) is 1.04. The molecule has 0 N–H and O–H groups in total. The molecule has 0 saturated carbocycles. The van der Waals surface area contributed by atoms with Crippen LogP contribution in [-0.4, -0.2) is 22.1 Å². The van der Waals surface area contributed by atoms with E-state index in [1.807, 2.05) is 10.8 Å². The van der Waals surface area contributed by atoms with Crippen LogP contribution in [0, 0.1) is 0 Å². The molecule has 0 aliphatic heterocycles. The second-order valence-corrected chi connectivity index (χ2v) is 3.12. The van der Waals surface area contributed by atoms with Gasteiger partial charge in [-0.1, -0.05) is 13.3 Å². The minimum Gasteiger partial charge on any atom is -0.466 e. The maximum Gasteiger partial charge on any atom is 0.307 e. The SMILES string of the molecule is CCCCOC(=O)CCn1ccnc1. The summed E-state index contributed by atoms with van der Waals surface area (Å²) in [5.41, 5.74) is 0. The van der Waals surface area contributed by atoms with Crippen LogP contribution >= 0.6 is 0 Å². The number of imidazole rings is 1. The Morgan fingerprint density at radius 2 is 2.43 bits per heavy atom. The summed E-state index contributed by atoms with van der Waals surface area (Å²) < 4.78 is 6.87. The van der Waals surface area contributed by atoms with Gasteiger partial charge in [-0.3, -0.25) is 4.79 Å². The Hall–Kier alpha value is -1.32. The molecule has 0 saturated heterocycles. The zero-order valence-electron chi connectivity index (χ0n) is 8.48. The molecule has 0 bridgehead atoms. The van der Waals surface area contributed by atoms with Gasteiger partial charge in [0.1, 0.15) is 0 Å². The minimum atomic E-state index is -0.132. The van der Waals surface area contributed by atoms with E-state index in [1.54, 1.807) is 12.5 Å². The Morgan fingerprint density at radius 1 is 1.57 bits per heavy atom. The molecule has 0 unspecified atom stereocenters. The number of unbranched alkanes of at least 4 members (excludes halogenated alkanes) is 1. The summed E-state index contributed by atoms with van der Waals surface area (Å²) in [5.74, 6) is -0.132. The van der Waals surface area contributed by atoms with Gasteiger partial charge in [0.25, 0.3) is 0 Å². The van der Waals surface area contributed by atoms with Crippen LogP contribution in [0.4, 0.5) is 0 Å². The topological polar surface area (TPSA) is 44.1 Å². The Kier molecular flexibility index (Phi) is 4.75. The van der Waals surface area contributed by atoms with Crippen molar-refractivity contribution in [2.75, 3.05) is 6.61 Å². The molecule has 1 aromatic heterocycles. The molecule has 1 rings (SSSR count). The van der Waals surface area contributed by atoms with E-state index in [0.29, 0.717) is 19.6 Å². The number of carbonyl (C=O) groups excluding carboxylic acids is 1. The first kappa shape index (κ1) is 10.8. The summed E-state index contributed by atoms with van der Waals surface area (Å²) in [5, 5.41) is 0. The van der Waals surface area contributed by atoms with Gasteiger partial charge in [0.05, 0.1) is 19.4 Å². The number of hydrogen-bond acceptors (Lipinski definition) is 3. The van der Waals surface area contributed by atoms with Crippen molar-refractivity contribution < 1.29 is 9.53 Å². The highest BCUT2D eigenvalue weighted by Gasteiger charge is 2.01. The Morgan fingerprint density at radius 3 is 3.07 bits per heavy atom. The van der Waals surface area contributed by atoms with Crippen LogP contribution in [0.15, 0.2) is 18.7 Å². The quantitative estimate of drug-likeness (QED) is 0.513. The molecular formula is C10H16N2O2. The third-order valence-electron chi connectivity index (χ3n) is 1.89. The molecule has 0 aliphatic rings. The van der Waals surface area contributed by atoms with Gasteiger partial charge in [0, 0.05) is 18.9 Å². The lowest BCUT2D eigenvalue weighted by molar-refractivity contribution is -0.144. The van der Waals surface area contributed by atoms with E-state index in [9.17, 15) is 4.79 Å². The molecule has 0 aromatic carbocycles. The molecule has 0 amide bonds. The Labute approximate surface area is 83.9 Å². The standard InChI is InChI=1S/C10H16N2O2/c1-2-3-8-14-10(13)4-6-12-7-5-11-9-12/h5,7,9H,2-4,6,8H2,1H3. The van der Waals surface area contributed by atoms with Crippen LogP contribution in [0.1, 0.15) is 26.2 Å². The third kappa shape index (κ3) is 4.07. The average Bonchev–Trinajstić information content (AvgIpc) is 2.68. The molecule has 1 heterocycles. The van der Waals surface area contributed by atoms with Gasteiger partial charge in [-0.05, 0) is 6.42 Å². The number of hydrogen-bond donors (Lipinski definition) is 0. The zero-order valence-corrected chi connectivity index (χ0v) is 8.48. The number of carbonyl (C=O) groups is 1. The van der Waals surface area contributed by atoms with Crippen molar-refractivity contribution in [3.8, 4) is 0 Å². The van der Waals surface area contributed by atoms with E-state index in [2.05, 4.69) is 11.9 Å². The predicted octanol–water partition coefficient (Wildman–Crippen LogP) is 1.62. The van der Waals surface area contributed by atoms with Crippen molar-refractivity contribution in [1.82, 2.24) is 9.55 Å². The Balaban J connectivity index is 2.09. The van der Waals surface area contributed by atoms with Crippen LogP contribution in [0.5, 0.6) is 0 Å². The molecule has 0 atom stereocenters. The van der Waals surface area contributed by atoms with Crippen molar-refractivity contribution >= 4 is 5.97 Å². The first-order valence-electron chi connectivity index (χ1n) is 4.94. The third-order valence-corrected chi connectivity index (χ3v) is 1.89. The van der Waals surface area contributed by atoms with Crippen molar-refractivity contribution in [3.05, 3.63) is 18.7 Å². The van der Waals surface area contributed by atoms with Crippen LogP contribution in [0.2, 0.25) is 0 Å². The summed E-state index contributed by atoms with van der Waals surface area (Å²) in [6.45, 7) is 3.25. The number of aryl methyl sites for hydroxylation is 1. The molecule has 4 heteroatoms. The predicted molar refractivity (Wildman–Crippen MR) is 52.7 cm³/mol. The van der Waals surface area contributed by atoms with E-state index in [4.69, 9.17) is 4.74 Å². The number of aromatic nitrogens is 2. The van der Waals surface area contributed by atoms with Gasteiger partial charge in [-0.15, -0.1) is 0 Å². The van der Waals surface area contributed by atoms with E-state index < -0.39 is 0 Å². The normalized spacial score (nSPS) is 10.1. The molecule has 0 spiro atoms. The summed E-state index contributed by atoms with van der Waals surface area (Å²) >= 11 is 0. The van der Waals surface area contributed by atoms with Gasteiger partial charge >= 0.3 is 5.97 Å². The summed E-state index contributed by atoms with van der Waals surface area (Å²) in [4.78, 5) is 15.0. The van der Waals surface area contributed by atoms with E-state index in [-0.39, 0.29) is 5.97 Å². The van der Waals surface area contributed by atoms with Gasteiger partial charge in [0.2, 0.25) is 0 Å². The fourth-order valence-electron chi connectivity index (χ4n) is 1.04. The number of nitrogens with zero attached hydrogens (tertiary/aromatic N) is 2. The summed E-state index contributed by atoms with van der Waals surface area (Å²) in [6, 6.07) is 0.